The van der Waals surface area contributed by atoms with E-state index >= 15 is 0 Å². The molecule has 2 N–H and O–H groups in total. The largest absolute Gasteiger partial charge is 0.326 e. The maximum atomic E-state index is 5.77. The molecule has 0 spiro atoms. The van der Waals surface area contributed by atoms with Crippen LogP contribution in [0.5, 0.6) is 0 Å². The Labute approximate surface area is 66.6 Å². The molecule has 1 rings (SSSR count). The average Bonchev–Trinajstić information content (AvgIpc) is 1.88. The number of rotatable bonds is 1. The number of halogens is 1. The van der Waals surface area contributed by atoms with Crippen molar-refractivity contribution < 1.29 is 0 Å². The molecule has 0 aliphatic rings. The summed E-state index contributed by atoms with van der Waals surface area (Å²) in [7, 11) is 5.46. The van der Waals surface area contributed by atoms with Crippen LogP contribution in [0.3, 0.4) is 0 Å². The van der Waals surface area contributed by atoms with Gasteiger partial charge in [-0.25, -0.2) is 0 Å². The highest BCUT2D eigenvalue weighted by Crippen LogP contribution is 2.11. The first-order chi connectivity index (χ1) is 4.74. The van der Waals surface area contributed by atoms with Gasteiger partial charge in [0.05, 0.1) is 0 Å². The third kappa shape index (κ3) is 1.52. The number of nitrogens with two attached hydrogens (primary N) is 1. The molecule has 3 heteroatoms. The fourth-order valence-corrected chi connectivity index (χ4v) is 0.995. The van der Waals surface area contributed by atoms with Crippen molar-refractivity contribution in [2.75, 3.05) is 0 Å². The summed E-state index contributed by atoms with van der Waals surface area (Å²) in [6, 6.07) is 5.31. The molecule has 1 nitrogen and oxygen atoms in total. The van der Waals surface area contributed by atoms with E-state index in [4.69, 9.17) is 25.2 Å². The molecule has 0 aromatic heterocycles. The molecule has 0 saturated carbocycles. The third-order valence-electron chi connectivity index (χ3n) is 1.30. The predicted octanol–water partition coefficient (Wildman–Crippen LogP) is 0.593. The Morgan fingerprint density at radius 2 is 2.20 bits per heavy atom. The summed E-state index contributed by atoms with van der Waals surface area (Å²) in [6.07, 6.45) is 0. The van der Waals surface area contributed by atoms with Gasteiger partial charge < -0.3 is 5.73 Å². The standard InChI is InChI=1S/C7H7BClN/c8-6-2-1-5(4-10)7(9)3-6/h1-3H,4,10H2. The molecule has 2 radical (unpaired) electrons. The Hall–Kier alpha value is -0.465. The highest BCUT2D eigenvalue weighted by molar-refractivity contribution is 6.36. The molecular formula is C7H7BClN. The first-order valence-electron chi connectivity index (χ1n) is 2.98. The average molecular weight is 151 g/mol. The van der Waals surface area contributed by atoms with Crippen molar-refractivity contribution in [2.24, 2.45) is 5.73 Å². The van der Waals surface area contributed by atoms with Gasteiger partial charge in [-0.1, -0.05) is 35.3 Å². The Bertz CT molecular complexity index is 237. The van der Waals surface area contributed by atoms with Crippen LogP contribution in [0.4, 0.5) is 0 Å². The lowest BCUT2D eigenvalue weighted by atomic mass is 9.95. The van der Waals surface area contributed by atoms with Gasteiger partial charge in [0.15, 0.2) is 0 Å². The van der Waals surface area contributed by atoms with Crippen LogP contribution in [0.2, 0.25) is 5.02 Å². The monoisotopic (exact) mass is 151 g/mol. The zero-order valence-corrected chi connectivity index (χ0v) is 6.23. The smallest absolute Gasteiger partial charge is 0.113 e. The summed E-state index contributed by atoms with van der Waals surface area (Å²) in [5.74, 6) is 0. The van der Waals surface area contributed by atoms with Crippen LogP contribution in [0.15, 0.2) is 18.2 Å². The summed E-state index contributed by atoms with van der Waals surface area (Å²) < 4.78 is 0. The molecule has 0 bridgehead atoms. The molecule has 0 heterocycles. The van der Waals surface area contributed by atoms with Gasteiger partial charge >= 0.3 is 0 Å². The summed E-state index contributed by atoms with van der Waals surface area (Å²) in [5.41, 5.74) is 6.97. The van der Waals surface area contributed by atoms with Gasteiger partial charge in [-0.05, 0) is 5.56 Å². The van der Waals surface area contributed by atoms with E-state index in [1.54, 1.807) is 12.1 Å². The molecule has 0 fully saturated rings. The van der Waals surface area contributed by atoms with Crippen LogP contribution >= 0.6 is 11.6 Å². The van der Waals surface area contributed by atoms with Crippen molar-refractivity contribution in [1.82, 2.24) is 0 Å². The third-order valence-corrected chi connectivity index (χ3v) is 1.65. The van der Waals surface area contributed by atoms with E-state index in [0.717, 1.165) is 5.56 Å². The molecule has 0 aliphatic carbocycles. The van der Waals surface area contributed by atoms with E-state index < -0.39 is 0 Å². The maximum absolute atomic E-state index is 5.77. The Morgan fingerprint density at radius 1 is 1.50 bits per heavy atom. The van der Waals surface area contributed by atoms with Gasteiger partial charge in [0.1, 0.15) is 7.85 Å². The van der Waals surface area contributed by atoms with Gasteiger partial charge in [0.2, 0.25) is 0 Å². The molecule has 0 atom stereocenters. The zero-order valence-electron chi connectivity index (χ0n) is 5.47. The Morgan fingerprint density at radius 3 is 2.70 bits per heavy atom. The van der Waals surface area contributed by atoms with Crippen LogP contribution < -0.4 is 11.2 Å². The molecule has 1 aromatic carbocycles. The molecule has 10 heavy (non-hydrogen) atoms. The predicted molar refractivity (Wildman–Crippen MR) is 44.7 cm³/mol. The topological polar surface area (TPSA) is 26.0 Å². The molecule has 0 unspecified atom stereocenters. The van der Waals surface area contributed by atoms with Crippen LogP contribution in [0.25, 0.3) is 0 Å². The van der Waals surface area contributed by atoms with Crippen molar-refractivity contribution >= 4 is 24.9 Å². The zero-order chi connectivity index (χ0) is 7.56. The van der Waals surface area contributed by atoms with E-state index in [0.29, 0.717) is 17.0 Å². The van der Waals surface area contributed by atoms with Crippen molar-refractivity contribution in [2.45, 2.75) is 6.54 Å². The molecular weight excluding hydrogens is 144 g/mol. The van der Waals surface area contributed by atoms with Crippen LogP contribution in [-0.2, 0) is 6.54 Å². The van der Waals surface area contributed by atoms with Crippen molar-refractivity contribution in [3.8, 4) is 0 Å². The van der Waals surface area contributed by atoms with E-state index in [2.05, 4.69) is 0 Å². The summed E-state index contributed by atoms with van der Waals surface area (Å²) in [6.45, 7) is 0.457. The lowest BCUT2D eigenvalue weighted by molar-refractivity contribution is 1.07. The second-order valence-electron chi connectivity index (χ2n) is 2.05. The number of benzene rings is 1. The molecule has 0 aliphatic heterocycles. The van der Waals surface area contributed by atoms with Gasteiger partial charge in [0, 0.05) is 11.6 Å². The van der Waals surface area contributed by atoms with Crippen LogP contribution in [-0.4, -0.2) is 7.85 Å². The minimum Gasteiger partial charge on any atom is -0.326 e. The highest BCUT2D eigenvalue weighted by Gasteiger charge is 1.95. The molecule has 0 saturated heterocycles. The fourth-order valence-electron chi connectivity index (χ4n) is 0.729. The minimum absolute atomic E-state index is 0.457. The first-order valence-corrected chi connectivity index (χ1v) is 3.36. The van der Waals surface area contributed by atoms with Gasteiger partial charge in [-0.15, -0.1) is 0 Å². The second-order valence-corrected chi connectivity index (χ2v) is 2.46. The van der Waals surface area contributed by atoms with Crippen molar-refractivity contribution in [3.63, 3.8) is 0 Å². The molecule has 50 valence electrons. The van der Waals surface area contributed by atoms with Crippen molar-refractivity contribution in [1.29, 1.82) is 0 Å². The second kappa shape index (κ2) is 3.08. The fraction of sp³-hybridized carbons (Fsp3) is 0.143. The van der Waals surface area contributed by atoms with Gasteiger partial charge in [-0.3, -0.25) is 0 Å². The van der Waals surface area contributed by atoms with E-state index in [9.17, 15) is 0 Å². The van der Waals surface area contributed by atoms with E-state index in [-0.39, 0.29) is 0 Å². The molecule has 1 aromatic rings. The SMILES string of the molecule is [B]c1ccc(CN)c(Cl)c1. The quantitative estimate of drug-likeness (QED) is 0.584. The van der Waals surface area contributed by atoms with Crippen molar-refractivity contribution in [3.05, 3.63) is 28.8 Å². The maximum Gasteiger partial charge on any atom is 0.113 e. The van der Waals surface area contributed by atoms with Crippen LogP contribution in [0.1, 0.15) is 5.56 Å². The first kappa shape index (κ1) is 7.64. The molecule has 0 amide bonds. The Balaban J connectivity index is 3.07. The minimum atomic E-state index is 0.457. The highest BCUT2D eigenvalue weighted by atomic mass is 35.5. The summed E-state index contributed by atoms with van der Waals surface area (Å²) in [5, 5.41) is 0.641. The number of hydrogen-bond acceptors (Lipinski definition) is 1. The van der Waals surface area contributed by atoms with E-state index in [1.807, 2.05) is 6.07 Å². The normalized spacial score (nSPS) is 9.80. The lowest BCUT2D eigenvalue weighted by Crippen LogP contribution is -2.04. The summed E-state index contributed by atoms with van der Waals surface area (Å²) in [4.78, 5) is 0. The summed E-state index contributed by atoms with van der Waals surface area (Å²) >= 11 is 5.77. The van der Waals surface area contributed by atoms with E-state index in [1.165, 1.54) is 0 Å². The van der Waals surface area contributed by atoms with Gasteiger partial charge in [0.25, 0.3) is 0 Å². The van der Waals surface area contributed by atoms with Crippen LogP contribution in [0, 0.1) is 0 Å². The van der Waals surface area contributed by atoms with Gasteiger partial charge in [-0.2, -0.15) is 0 Å². The lowest BCUT2D eigenvalue weighted by Gasteiger charge is -2.00. The Kier molecular flexibility index (Phi) is 2.36. The number of hydrogen-bond donors (Lipinski definition) is 1.